The molecule has 45 heavy (non-hydrogen) atoms. The van der Waals surface area contributed by atoms with Crippen molar-refractivity contribution in [2.24, 2.45) is 0 Å². The molecule has 0 fully saturated rings. The molecule has 6 aromatic rings. The van der Waals surface area contributed by atoms with Gasteiger partial charge in [0, 0.05) is 35.7 Å². The van der Waals surface area contributed by atoms with Gasteiger partial charge in [0.05, 0.1) is 13.0 Å². The largest absolute Gasteiger partial charge is 0.439 e. The molecule has 0 aliphatic heterocycles. The summed E-state index contributed by atoms with van der Waals surface area (Å²) in [5.74, 6) is -0.565. The maximum Gasteiger partial charge on any atom is 0.439 e. The molecule has 228 valence electrons. The summed E-state index contributed by atoms with van der Waals surface area (Å²) in [6.45, 7) is 4.10. The summed E-state index contributed by atoms with van der Waals surface area (Å²) in [7, 11) is 0. The zero-order valence-corrected chi connectivity index (χ0v) is 24.5. The number of hydrogen-bond acceptors (Lipinski definition) is 8. The van der Waals surface area contributed by atoms with Gasteiger partial charge in [0.15, 0.2) is 11.6 Å². The minimum absolute atomic E-state index is 0.0174. The molecule has 3 aromatic heterocycles. The second kappa shape index (κ2) is 12.6. The Kier molecular flexibility index (Phi) is 8.28. The first-order valence-electron chi connectivity index (χ1n) is 14.4. The quantitative estimate of drug-likeness (QED) is 0.218. The van der Waals surface area contributed by atoms with E-state index in [-0.39, 0.29) is 35.7 Å². The molecular formula is C33H28F2N6O4. The van der Waals surface area contributed by atoms with Crippen LogP contribution in [0, 0.1) is 18.6 Å². The van der Waals surface area contributed by atoms with Gasteiger partial charge in [-0.1, -0.05) is 71.8 Å². The zero-order chi connectivity index (χ0) is 31.5. The molecule has 0 unspecified atom stereocenters. The number of hydrogen-bond donors (Lipinski definition) is 1. The Hall–Kier alpha value is -5.52. The summed E-state index contributed by atoms with van der Waals surface area (Å²) in [5.41, 5.74) is 4.38. The van der Waals surface area contributed by atoms with Gasteiger partial charge < -0.3 is 4.52 Å². The maximum absolute atomic E-state index is 14.1. The first-order valence-corrected chi connectivity index (χ1v) is 14.4. The molecule has 0 spiro atoms. The Morgan fingerprint density at radius 1 is 0.889 bits per heavy atom. The maximum atomic E-state index is 14.1. The Morgan fingerprint density at radius 2 is 1.67 bits per heavy atom. The van der Waals surface area contributed by atoms with Gasteiger partial charge in [-0.2, -0.15) is 4.98 Å². The minimum Gasteiger partial charge on any atom is -0.339 e. The Balaban J connectivity index is 1.26. The molecule has 0 saturated heterocycles. The fraction of sp³-hybridized carbons (Fsp3) is 0.212. The first kappa shape index (κ1) is 29.5. The van der Waals surface area contributed by atoms with Gasteiger partial charge in [0.2, 0.25) is 5.89 Å². The molecule has 6 rings (SSSR count). The summed E-state index contributed by atoms with van der Waals surface area (Å²) in [4.78, 5) is 37.1. The normalized spacial score (nSPS) is 11.3. The molecule has 0 atom stereocenters. The predicted molar refractivity (Wildman–Crippen MR) is 161 cm³/mol. The molecule has 12 heteroatoms. The number of aryl methyl sites for hydroxylation is 2. The Labute approximate surface area is 255 Å². The van der Waals surface area contributed by atoms with Crippen molar-refractivity contribution in [3.63, 3.8) is 0 Å². The van der Waals surface area contributed by atoms with E-state index in [1.165, 1.54) is 12.1 Å². The van der Waals surface area contributed by atoms with Gasteiger partial charge in [-0.25, -0.2) is 18.6 Å². The molecular weight excluding hydrogens is 582 g/mol. The molecule has 0 saturated carbocycles. The highest BCUT2D eigenvalue weighted by Crippen LogP contribution is 2.30. The lowest BCUT2D eigenvalue weighted by Gasteiger charge is -2.16. The zero-order valence-electron chi connectivity index (χ0n) is 24.5. The lowest BCUT2D eigenvalue weighted by molar-refractivity contribution is 0.379. The lowest BCUT2D eigenvalue weighted by Crippen LogP contribution is -2.30. The molecule has 3 heterocycles. The molecule has 3 aromatic carbocycles. The Morgan fingerprint density at radius 3 is 2.38 bits per heavy atom. The van der Waals surface area contributed by atoms with Crippen LogP contribution in [0.2, 0.25) is 0 Å². The predicted octanol–water partition coefficient (Wildman–Crippen LogP) is 5.41. The third kappa shape index (κ3) is 6.40. The van der Waals surface area contributed by atoms with Crippen molar-refractivity contribution in [3.05, 3.63) is 139 Å². The fourth-order valence-electron chi connectivity index (χ4n) is 5.22. The van der Waals surface area contributed by atoms with Crippen LogP contribution in [0.15, 0.2) is 85.4 Å². The SMILES string of the molecule is CCCc1nc(C)c(Cc2nc(Cc3ccc(F)cc3F)no2)c(=O)n1Cc1ccc(-c2ccccc2-c2noc(=O)[nH]2)cc1. The average molecular weight is 611 g/mol. The highest BCUT2D eigenvalue weighted by Gasteiger charge is 2.19. The van der Waals surface area contributed by atoms with Crippen LogP contribution in [-0.2, 0) is 25.8 Å². The monoisotopic (exact) mass is 610 g/mol. The van der Waals surface area contributed by atoms with Gasteiger partial charge in [0.25, 0.3) is 5.56 Å². The molecule has 0 amide bonds. The van der Waals surface area contributed by atoms with Crippen molar-refractivity contribution < 1.29 is 17.8 Å². The van der Waals surface area contributed by atoms with E-state index in [2.05, 4.69) is 24.8 Å². The summed E-state index contributed by atoms with van der Waals surface area (Å²) in [6.07, 6.45) is 1.50. The van der Waals surface area contributed by atoms with Crippen LogP contribution in [0.3, 0.4) is 0 Å². The number of nitrogens with zero attached hydrogens (tertiary/aromatic N) is 5. The highest BCUT2D eigenvalue weighted by molar-refractivity contribution is 5.80. The molecule has 10 nitrogen and oxygen atoms in total. The van der Waals surface area contributed by atoms with E-state index in [0.29, 0.717) is 35.9 Å². The first-order chi connectivity index (χ1) is 21.8. The number of aromatic nitrogens is 6. The highest BCUT2D eigenvalue weighted by atomic mass is 19.1. The molecule has 0 bridgehead atoms. The summed E-state index contributed by atoms with van der Waals surface area (Å²) < 4.78 is 39.1. The van der Waals surface area contributed by atoms with Gasteiger partial charge >= 0.3 is 5.76 Å². The second-order valence-corrected chi connectivity index (χ2v) is 10.6. The van der Waals surface area contributed by atoms with Crippen molar-refractivity contribution in [2.45, 2.75) is 46.1 Å². The molecule has 0 aliphatic carbocycles. The topological polar surface area (TPSA) is 133 Å². The van der Waals surface area contributed by atoms with Crippen LogP contribution in [-0.4, -0.2) is 29.8 Å². The van der Waals surface area contributed by atoms with Crippen molar-refractivity contribution >= 4 is 0 Å². The van der Waals surface area contributed by atoms with Crippen LogP contribution in [0.1, 0.15) is 53.3 Å². The van der Waals surface area contributed by atoms with Gasteiger partial charge in [-0.15, -0.1) is 0 Å². The van der Waals surface area contributed by atoms with Crippen molar-refractivity contribution in [1.82, 2.24) is 29.8 Å². The number of rotatable bonds is 10. The van der Waals surface area contributed by atoms with E-state index in [9.17, 15) is 18.4 Å². The molecule has 1 N–H and O–H groups in total. The van der Waals surface area contributed by atoms with Crippen LogP contribution in [0.25, 0.3) is 22.5 Å². The minimum atomic E-state index is -0.695. The summed E-state index contributed by atoms with van der Waals surface area (Å²) >= 11 is 0. The number of H-pyrrole nitrogens is 1. The van der Waals surface area contributed by atoms with E-state index in [0.717, 1.165) is 34.7 Å². The van der Waals surface area contributed by atoms with Gasteiger partial charge in [-0.3, -0.25) is 18.9 Å². The van der Waals surface area contributed by atoms with Crippen molar-refractivity contribution in [1.29, 1.82) is 0 Å². The number of halogens is 2. The number of aromatic amines is 1. The summed E-state index contributed by atoms with van der Waals surface area (Å²) in [6, 6.07) is 18.6. The van der Waals surface area contributed by atoms with Gasteiger partial charge in [0.1, 0.15) is 17.5 Å². The summed E-state index contributed by atoms with van der Waals surface area (Å²) in [5, 5.41) is 7.75. The van der Waals surface area contributed by atoms with E-state index in [1.54, 1.807) is 11.5 Å². The number of nitrogens with one attached hydrogen (secondary N) is 1. The van der Waals surface area contributed by atoms with Crippen LogP contribution in [0.5, 0.6) is 0 Å². The third-order valence-corrected chi connectivity index (χ3v) is 7.45. The molecule has 0 aliphatic rings. The average Bonchev–Trinajstić information content (AvgIpc) is 3.67. The van der Waals surface area contributed by atoms with Crippen molar-refractivity contribution in [2.75, 3.05) is 0 Å². The standard InChI is InChI=1S/C33H28F2N6O4/c1-3-6-29-36-19(2)26(17-30-37-28(39-44-30)15-22-13-14-23(34)16-27(22)35)32(42)41(29)18-20-9-11-21(12-10-20)24-7-4-5-8-25(24)31-38-33(43)45-40-31/h4-5,7-14,16H,3,6,15,17-18H2,1-2H3,(H,38,40,43). The lowest BCUT2D eigenvalue weighted by atomic mass is 9.98. The molecule has 0 radical (unpaired) electrons. The third-order valence-electron chi connectivity index (χ3n) is 7.45. The fourth-order valence-corrected chi connectivity index (χ4v) is 5.22. The van der Waals surface area contributed by atoms with E-state index < -0.39 is 17.4 Å². The van der Waals surface area contributed by atoms with E-state index in [4.69, 9.17) is 9.51 Å². The van der Waals surface area contributed by atoms with Gasteiger partial charge in [-0.05, 0) is 41.7 Å². The Bertz CT molecular complexity index is 2100. The van der Waals surface area contributed by atoms with E-state index >= 15 is 0 Å². The van der Waals surface area contributed by atoms with Crippen molar-refractivity contribution in [3.8, 4) is 22.5 Å². The van der Waals surface area contributed by atoms with Crippen LogP contribution < -0.4 is 11.3 Å². The second-order valence-electron chi connectivity index (χ2n) is 10.6. The van der Waals surface area contributed by atoms with Crippen LogP contribution in [0.4, 0.5) is 8.78 Å². The van der Waals surface area contributed by atoms with E-state index in [1.807, 2.05) is 55.5 Å². The number of benzene rings is 3. The van der Waals surface area contributed by atoms with Crippen LogP contribution >= 0.6 is 0 Å². The smallest absolute Gasteiger partial charge is 0.339 e.